The topological polar surface area (TPSA) is 52.3 Å². The second kappa shape index (κ2) is 5.75. The lowest BCUT2D eigenvalue weighted by molar-refractivity contribution is 0.0525. The summed E-state index contributed by atoms with van der Waals surface area (Å²) in [5.74, 6) is -0.0307. The van der Waals surface area contributed by atoms with Crippen LogP contribution in [0.5, 0.6) is 0 Å². The van der Waals surface area contributed by atoms with Crippen molar-refractivity contribution in [2.24, 2.45) is 0 Å². The van der Waals surface area contributed by atoms with Crippen LogP contribution in [0.25, 0.3) is 11.3 Å². The summed E-state index contributed by atoms with van der Waals surface area (Å²) in [4.78, 5) is 11.9. The largest absolute Gasteiger partial charge is 0.462 e. The smallest absolute Gasteiger partial charge is 0.344 e. The number of esters is 1. The van der Waals surface area contributed by atoms with Gasteiger partial charge < -0.3 is 9.26 Å². The Morgan fingerprint density at radius 1 is 1.47 bits per heavy atom. The zero-order valence-electron chi connectivity index (χ0n) is 10.4. The standard InChI is InChI=1S/C13H11BrClNO3/c1-3-18-13(17)11-7(2)19-16-12(11)8-4-9(14)6-10(15)5-8/h4-6H,3H2,1-2H3. The molecule has 0 radical (unpaired) electrons. The average molecular weight is 345 g/mol. The Bertz CT molecular complexity index is 604. The molecule has 6 heteroatoms. The predicted molar refractivity (Wildman–Crippen MR) is 75.3 cm³/mol. The number of carbonyl (C=O) groups excluding carboxylic acids is 1. The molecule has 0 aliphatic rings. The molecule has 0 saturated heterocycles. The molecule has 0 N–H and O–H groups in total. The third kappa shape index (κ3) is 2.98. The summed E-state index contributed by atoms with van der Waals surface area (Å²) in [6.07, 6.45) is 0. The molecule has 1 aromatic carbocycles. The highest BCUT2D eigenvalue weighted by atomic mass is 79.9. The normalized spacial score (nSPS) is 10.5. The van der Waals surface area contributed by atoms with Crippen LogP contribution < -0.4 is 0 Å². The minimum absolute atomic E-state index is 0.294. The molecule has 0 fully saturated rings. The third-order valence-corrected chi connectivity index (χ3v) is 3.15. The van der Waals surface area contributed by atoms with E-state index in [-0.39, 0.29) is 0 Å². The van der Waals surface area contributed by atoms with E-state index in [0.29, 0.717) is 34.2 Å². The first-order valence-electron chi connectivity index (χ1n) is 5.62. The molecule has 1 aromatic heterocycles. The van der Waals surface area contributed by atoms with Gasteiger partial charge in [-0.2, -0.15) is 0 Å². The van der Waals surface area contributed by atoms with Gasteiger partial charge in [-0.3, -0.25) is 0 Å². The van der Waals surface area contributed by atoms with Crippen LogP contribution in [0, 0.1) is 6.92 Å². The van der Waals surface area contributed by atoms with Gasteiger partial charge in [0.1, 0.15) is 17.0 Å². The van der Waals surface area contributed by atoms with Crippen LogP contribution in [0.1, 0.15) is 23.0 Å². The zero-order chi connectivity index (χ0) is 14.0. The van der Waals surface area contributed by atoms with Gasteiger partial charge in [0.2, 0.25) is 0 Å². The molecule has 0 bridgehead atoms. The van der Waals surface area contributed by atoms with Crippen LogP contribution in [0.2, 0.25) is 5.02 Å². The van der Waals surface area contributed by atoms with E-state index in [1.54, 1.807) is 26.0 Å². The van der Waals surface area contributed by atoms with Gasteiger partial charge in [-0.15, -0.1) is 0 Å². The van der Waals surface area contributed by atoms with Crippen LogP contribution in [-0.2, 0) is 4.74 Å². The number of halogens is 2. The maximum atomic E-state index is 11.9. The summed E-state index contributed by atoms with van der Waals surface area (Å²) in [6, 6.07) is 5.28. The maximum absolute atomic E-state index is 11.9. The lowest BCUT2D eigenvalue weighted by Gasteiger charge is -2.04. The predicted octanol–water partition coefficient (Wildman–Crippen LogP) is 4.24. The minimum atomic E-state index is -0.452. The van der Waals surface area contributed by atoms with Gasteiger partial charge in [0.25, 0.3) is 0 Å². The molecule has 0 atom stereocenters. The van der Waals surface area contributed by atoms with Crippen LogP contribution in [0.4, 0.5) is 0 Å². The van der Waals surface area contributed by atoms with Crippen LogP contribution in [0.15, 0.2) is 27.2 Å². The first-order valence-corrected chi connectivity index (χ1v) is 6.80. The van der Waals surface area contributed by atoms with Crippen molar-refractivity contribution in [3.63, 3.8) is 0 Å². The van der Waals surface area contributed by atoms with Crippen molar-refractivity contribution in [3.8, 4) is 11.3 Å². The van der Waals surface area contributed by atoms with Gasteiger partial charge in [-0.05, 0) is 32.0 Å². The summed E-state index contributed by atoms with van der Waals surface area (Å²) < 4.78 is 10.9. The monoisotopic (exact) mass is 343 g/mol. The Morgan fingerprint density at radius 3 is 2.84 bits per heavy atom. The molecular weight excluding hydrogens is 334 g/mol. The molecule has 0 aliphatic carbocycles. The van der Waals surface area contributed by atoms with Crippen LogP contribution >= 0.6 is 27.5 Å². The number of ether oxygens (including phenoxy) is 1. The van der Waals surface area contributed by atoms with E-state index in [4.69, 9.17) is 20.9 Å². The fourth-order valence-electron chi connectivity index (χ4n) is 1.70. The summed E-state index contributed by atoms with van der Waals surface area (Å²) in [6.45, 7) is 3.71. The first kappa shape index (κ1) is 14.1. The first-order chi connectivity index (χ1) is 9.02. The fraction of sp³-hybridized carbons (Fsp3) is 0.231. The van der Waals surface area contributed by atoms with E-state index in [9.17, 15) is 4.79 Å². The van der Waals surface area contributed by atoms with Gasteiger partial charge in [-0.1, -0.05) is 32.7 Å². The molecule has 100 valence electrons. The molecular formula is C13H11BrClNO3. The second-order valence-electron chi connectivity index (χ2n) is 3.84. The Hall–Kier alpha value is -1.33. The number of aromatic nitrogens is 1. The van der Waals surface area contributed by atoms with E-state index in [1.807, 2.05) is 6.07 Å². The Balaban J connectivity index is 2.53. The summed E-state index contributed by atoms with van der Waals surface area (Å²) >= 11 is 9.35. The Labute approximate surface area is 123 Å². The maximum Gasteiger partial charge on any atom is 0.344 e. The molecule has 4 nitrogen and oxygen atoms in total. The highest BCUT2D eigenvalue weighted by Crippen LogP contribution is 2.30. The lowest BCUT2D eigenvalue weighted by atomic mass is 10.1. The molecule has 1 heterocycles. The fourth-order valence-corrected chi connectivity index (χ4v) is 2.56. The van der Waals surface area contributed by atoms with Crippen molar-refractivity contribution in [3.05, 3.63) is 39.0 Å². The van der Waals surface area contributed by atoms with Gasteiger partial charge >= 0.3 is 5.97 Å². The van der Waals surface area contributed by atoms with Gasteiger partial charge in [-0.25, -0.2) is 4.79 Å². The molecule has 0 aliphatic heterocycles. The third-order valence-electron chi connectivity index (χ3n) is 2.48. The van der Waals surface area contributed by atoms with Crippen molar-refractivity contribution in [1.82, 2.24) is 5.16 Å². The lowest BCUT2D eigenvalue weighted by Crippen LogP contribution is -2.06. The second-order valence-corrected chi connectivity index (χ2v) is 5.19. The number of aryl methyl sites for hydroxylation is 1. The SMILES string of the molecule is CCOC(=O)c1c(-c2cc(Cl)cc(Br)c2)noc1C. The number of rotatable bonds is 3. The van der Waals surface area contributed by atoms with Crippen molar-refractivity contribution in [1.29, 1.82) is 0 Å². The average Bonchev–Trinajstić information content (AvgIpc) is 2.70. The van der Waals surface area contributed by atoms with E-state index < -0.39 is 5.97 Å². The number of nitrogens with zero attached hydrogens (tertiary/aromatic N) is 1. The summed E-state index contributed by atoms with van der Waals surface area (Å²) in [7, 11) is 0. The minimum Gasteiger partial charge on any atom is -0.462 e. The highest BCUT2D eigenvalue weighted by molar-refractivity contribution is 9.10. The molecule has 0 unspecified atom stereocenters. The van der Waals surface area contributed by atoms with E-state index in [1.165, 1.54) is 0 Å². The highest BCUT2D eigenvalue weighted by Gasteiger charge is 2.23. The summed E-state index contributed by atoms with van der Waals surface area (Å²) in [5, 5.41) is 4.46. The summed E-state index contributed by atoms with van der Waals surface area (Å²) in [5.41, 5.74) is 1.45. The number of hydrogen-bond donors (Lipinski definition) is 0. The molecule has 19 heavy (non-hydrogen) atoms. The van der Waals surface area contributed by atoms with E-state index in [0.717, 1.165) is 4.47 Å². The number of hydrogen-bond acceptors (Lipinski definition) is 4. The van der Waals surface area contributed by atoms with Crippen LogP contribution in [0.3, 0.4) is 0 Å². The van der Waals surface area contributed by atoms with Gasteiger partial charge in [0.15, 0.2) is 0 Å². The molecule has 2 aromatic rings. The van der Waals surface area contributed by atoms with Crippen molar-refractivity contribution in [2.75, 3.05) is 6.61 Å². The van der Waals surface area contributed by atoms with Gasteiger partial charge in [0.05, 0.1) is 6.61 Å². The molecule has 2 rings (SSSR count). The zero-order valence-corrected chi connectivity index (χ0v) is 12.7. The van der Waals surface area contributed by atoms with Crippen LogP contribution in [-0.4, -0.2) is 17.7 Å². The van der Waals surface area contributed by atoms with E-state index in [2.05, 4.69) is 21.1 Å². The van der Waals surface area contributed by atoms with Crippen molar-refractivity contribution < 1.29 is 14.1 Å². The molecule has 0 amide bonds. The molecule has 0 spiro atoms. The number of carbonyl (C=O) groups is 1. The van der Waals surface area contributed by atoms with E-state index >= 15 is 0 Å². The van der Waals surface area contributed by atoms with Gasteiger partial charge in [0, 0.05) is 15.1 Å². The van der Waals surface area contributed by atoms with Crippen molar-refractivity contribution >= 4 is 33.5 Å². The number of benzene rings is 1. The quantitative estimate of drug-likeness (QED) is 0.781. The Kier molecular flexibility index (Phi) is 4.27. The van der Waals surface area contributed by atoms with Crippen molar-refractivity contribution in [2.45, 2.75) is 13.8 Å². The Morgan fingerprint density at radius 2 is 2.21 bits per heavy atom. The molecule has 0 saturated carbocycles.